The van der Waals surface area contributed by atoms with Gasteiger partial charge < -0.3 is 10.2 Å². The zero-order chi connectivity index (χ0) is 22.2. The van der Waals surface area contributed by atoms with E-state index >= 15 is 0 Å². The highest BCUT2D eigenvalue weighted by molar-refractivity contribution is 5.87. The van der Waals surface area contributed by atoms with Gasteiger partial charge in [0, 0.05) is 37.6 Å². The van der Waals surface area contributed by atoms with E-state index in [0.29, 0.717) is 5.39 Å². The molecule has 3 aromatic rings. The molecule has 0 aliphatic carbocycles. The first-order chi connectivity index (χ1) is 14.6. The molecule has 1 fully saturated rings. The number of alkyl halides is 6. The molecule has 0 saturated carbocycles. The van der Waals surface area contributed by atoms with Gasteiger partial charge in [-0.25, -0.2) is 4.98 Å². The predicted molar refractivity (Wildman–Crippen MR) is 100 cm³/mol. The highest BCUT2D eigenvalue weighted by Crippen LogP contribution is 2.35. The van der Waals surface area contributed by atoms with Crippen molar-refractivity contribution in [3.63, 3.8) is 0 Å². The van der Waals surface area contributed by atoms with Crippen molar-refractivity contribution in [3.8, 4) is 0 Å². The third-order valence-corrected chi connectivity index (χ3v) is 5.00. The number of anilines is 2. The Morgan fingerprint density at radius 1 is 1.00 bits per heavy atom. The molecule has 1 aliphatic heterocycles. The summed E-state index contributed by atoms with van der Waals surface area (Å²) in [7, 11) is 0. The number of rotatable bonds is 4. The molecule has 12 heteroatoms. The fraction of sp³-hybridized carbons (Fsp3) is 0.368. The van der Waals surface area contributed by atoms with Crippen LogP contribution in [0.1, 0.15) is 17.7 Å². The van der Waals surface area contributed by atoms with Gasteiger partial charge in [0.05, 0.1) is 11.3 Å². The van der Waals surface area contributed by atoms with Crippen LogP contribution in [0.5, 0.6) is 0 Å². The van der Waals surface area contributed by atoms with Gasteiger partial charge in [-0.15, -0.1) is 0 Å². The first-order valence-corrected chi connectivity index (χ1v) is 9.32. The van der Waals surface area contributed by atoms with Crippen molar-refractivity contribution in [3.05, 3.63) is 47.9 Å². The number of nitrogens with zero attached hydrogens (tertiary/aromatic N) is 5. The second-order valence-corrected chi connectivity index (χ2v) is 7.08. The van der Waals surface area contributed by atoms with Gasteiger partial charge in [0.15, 0.2) is 5.65 Å². The van der Waals surface area contributed by atoms with Crippen LogP contribution in [-0.2, 0) is 12.7 Å². The number of hydrogen-bond donors (Lipinski definition) is 1. The molecule has 0 radical (unpaired) electrons. The predicted octanol–water partition coefficient (Wildman–Crippen LogP) is 4.44. The Morgan fingerprint density at radius 3 is 2.45 bits per heavy atom. The summed E-state index contributed by atoms with van der Waals surface area (Å²) in [5.74, 6) is -1.26. The molecule has 0 spiro atoms. The van der Waals surface area contributed by atoms with E-state index in [1.807, 2.05) is 0 Å². The maximum Gasteiger partial charge on any atom is 0.433 e. The molecule has 164 valence electrons. The molecule has 1 unspecified atom stereocenters. The number of halogens is 6. The summed E-state index contributed by atoms with van der Waals surface area (Å²) in [5, 5.41) is 3.28. The first-order valence-electron chi connectivity index (χ1n) is 9.32. The summed E-state index contributed by atoms with van der Waals surface area (Å²) in [6, 6.07) is 5.92. The lowest BCUT2D eigenvalue weighted by Crippen LogP contribution is -2.28. The first kappa shape index (κ1) is 21.1. The lowest BCUT2D eigenvalue weighted by Gasteiger charge is -2.19. The van der Waals surface area contributed by atoms with Crippen LogP contribution in [0.25, 0.3) is 11.0 Å². The second kappa shape index (κ2) is 7.82. The molecule has 6 nitrogen and oxygen atoms in total. The Labute approximate surface area is 172 Å². The lowest BCUT2D eigenvalue weighted by molar-refractivity contribution is -0.168. The van der Waals surface area contributed by atoms with Crippen molar-refractivity contribution >= 4 is 22.8 Å². The Morgan fingerprint density at radius 2 is 1.74 bits per heavy atom. The van der Waals surface area contributed by atoms with Crippen molar-refractivity contribution in [2.24, 2.45) is 5.92 Å². The van der Waals surface area contributed by atoms with Crippen LogP contribution < -0.4 is 10.2 Å². The van der Waals surface area contributed by atoms with E-state index in [1.165, 1.54) is 23.2 Å². The van der Waals surface area contributed by atoms with Gasteiger partial charge in [0.25, 0.3) is 0 Å². The summed E-state index contributed by atoms with van der Waals surface area (Å²) >= 11 is 0. The largest absolute Gasteiger partial charge is 0.433 e. The van der Waals surface area contributed by atoms with Gasteiger partial charge in [-0.05, 0) is 24.6 Å². The SMILES string of the molecule is FC(F)(F)c1ncccc1CNc1nc(N2CCC(C(F)(F)F)C2)nc2ncccc12. The number of pyridine rings is 2. The van der Waals surface area contributed by atoms with Gasteiger partial charge in [0.1, 0.15) is 11.5 Å². The Bertz CT molecular complexity index is 1080. The van der Waals surface area contributed by atoms with Gasteiger partial charge >= 0.3 is 12.4 Å². The van der Waals surface area contributed by atoms with Gasteiger partial charge in [-0.2, -0.15) is 36.3 Å². The van der Waals surface area contributed by atoms with E-state index < -0.39 is 24.0 Å². The van der Waals surface area contributed by atoms with E-state index in [0.717, 1.165) is 6.20 Å². The molecule has 1 atom stereocenters. The third kappa shape index (κ3) is 4.47. The Kier molecular flexibility index (Phi) is 5.31. The van der Waals surface area contributed by atoms with Crippen molar-refractivity contribution in [2.45, 2.75) is 25.3 Å². The summed E-state index contributed by atoms with van der Waals surface area (Å²) in [6.45, 7) is -0.417. The van der Waals surface area contributed by atoms with Crippen LogP contribution in [0.4, 0.5) is 38.1 Å². The van der Waals surface area contributed by atoms with Crippen molar-refractivity contribution in [2.75, 3.05) is 23.3 Å². The van der Waals surface area contributed by atoms with E-state index in [4.69, 9.17) is 0 Å². The molecule has 31 heavy (non-hydrogen) atoms. The molecule has 4 heterocycles. The Hall–Kier alpha value is -3.18. The standard InChI is InChI=1S/C19H16F6N6/c20-18(21,22)12-5-8-31(10-12)17-29-15-13(4-2-7-27-15)16(30-17)28-9-11-3-1-6-26-14(11)19(23,24)25/h1-4,6-7,12H,5,8-10H2,(H,27,28,29,30). The van der Waals surface area contributed by atoms with Gasteiger partial charge in [0.2, 0.25) is 5.95 Å². The van der Waals surface area contributed by atoms with E-state index in [2.05, 4.69) is 25.3 Å². The van der Waals surface area contributed by atoms with Crippen LogP contribution in [0, 0.1) is 5.92 Å². The fourth-order valence-corrected chi connectivity index (χ4v) is 3.45. The minimum atomic E-state index is -4.62. The molecule has 1 aliphatic rings. The van der Waals surface area contributed by atoms with Crippen LogP contribution in [0.3, 0.4) is 0 Å². The maximum atomic E-state index is 13.2. The second-order valence-electron chi connectivity index (χ2n) is 7.08. The van der Waals surface area contributed by atoms with E-state index in [-0.39, 0.29) is 49.0 Å². The average Bonchev–Trinajstić information content (AvgIpc) is 3.22. The van der Waals surface area contributed by atoms with Crippen LogP contribution >= 0.6 is 0 Å². The molecule has 4 rings (SSSR count). The molecule has 0 amide bonds. The molecular weight excluding hydrogens is 426 g/mol. The summed E-state index contributed by atoms with van der Waals surface area (Å²) < 4.78 is 78.7. The molecular formula is C19H16F6N6. The highest BCUT2D eigenvalue weighted by atomic mass is 19.4. The fourth-order valence-electron chi connectivity index (χ4n) is 3.45. The molecule has 3 aromatic heterocycles. The highest BCUT2D eigenvalue weighted by Gasteiger charge is 2.44. The van der Waals surface area contributed by atoms with E-state index in [1.54, 1.807) is 12.1 Å². The molecule has 0 aromatic carbocycles. The summed E-state index contributed by atoms with van der Waals surface area (Å²) in [5.41, 5.74) is -0.884. The van der Waals surface area contributed by atoms with Crippen LogP contribution in [0.15, 0.2) is 36.7 Å². The topological polar surface area (TPSA) is 66.8 Å². The zero-order valence-electron chi connectivity index (χ0n) is 15.9. The monoisotopic (exact) mass is 442 g/mol. The molecule has 1 N–H and O–H groups in total. The van der Waals surface area contributed by atoms with Gasteiger partial charge in [-0.1, -0.05) is 6.07 Å². The minimum Gasteiger partial charge on any atom is -0.365 e. The lowest BCUT2D eigenvalue weighted by atomic mass is 10.1. The molecule has 1 saturated heterocycles. The normalized spacial score (nSPS) is 17.4. The minimum absolute atomic E-state index is 0.0441. The summed E-state index contributed by atoms with van der Waals surface area (Å²) in [4.78, 5) is 17.5. The van der Waals surface area contributed by atoms with Crippen molar-refractivity contribution in [1.82, 2.24) is 19.9 Å². The quantitative estimate of drug-likeness (QED) is 0.603. The van der Waals surface area contributed by atoms with Crippen molar-refractivity contribution < 1.29 is 26.3 Å². The smallest absolute Gasteiger partial charge is 0.365 e. The number of nitrogens with one attached hydrogen (secondary N) is 1. The summed E-state index contributed by atoms with van der Waals surface area (Å²) in [6.07, 6.45) is -6.51. The number of aromatic nitrogens is 4. The number of hydrogen-bond acceptors (Lipinski definition) is 6. The third-order valence-electron chi connectivity index (χ3n) is 5.00. The molecule has 0 bridgehead atoms. The average molecular weight is 442 g/mol. The van der Waals surface area contributed by atoms with Crippen LogP contribution in [-0.4, -0.2) is 39.2 Å². The number of fused-ring (bicyclic) bond motifs is 1. The van der Waals surface area contributed by atoms with Gasteiger partial charge in [-0.3, -0.25) is 4.98 Å². The Balaban J connectivity index is 1.64. The van der Waals surface area contributed by atoms with Crippen LogP contribution in [0.2, 0.25) is 0 Å². The van der Waals surface area contributed by atoms with Crippen molar-refractivity contribution in [1.29, 1.82) is 0 Å². The zero-order valence-corrected chi connectivity index (χ0v) is 15.9. The van der Waals surface area contributed by atoms with E-state index in [9.17, 15) is 26.3 Å². The maximum absolute atomic E-state index is 13.2.